The van der Waals surface area contributed by atoms with Crippen LogP contribution in [0.25, 0.3) is 0 Å². The zero-order valence-corrected chi connectivity index (χ0v) is 17.0. The molecule has 3 rings (SSSR count). The van der Waals surface area contributed by atoms with Crippen molar-refractivity contribution in [3.8, 4) is 0 Å². The van der Waals surface area contributed by atoms with Crippen LogP contribution < -0.4 is 10.6 Å². The maximum atomic E-state index is 12.1. The van der Waals surface area contributed by atoms with Gasteiger partial charge in [0.25, 0.3) is 5.91 Å². The minimum absolute atomic E-state index is 0.0218. The molecule has 160 valence electrons. The Morgan fingerprint density at radius 2 is 2.00 bits per heavy atom. The number of carbonyl (C=O) groups is 3. The van der Waals surface area contributed by atoms with Gasteiger partial charge in [-0.2, -0.15) is 5.10 Å². The zero-order chi connectivity index (χ0) is 21.3. The lowest BCUT2D eigenvalue weighted by Gasteiger charge is -2.25. The van der Waals surface area contributed by atoms with Crippen molar-refractivity contribution in [3.63, 3.8) is 0 Å². The van der Waals surface area contributed by atoms with Gasteiger partial charge in [0.1, 0.15) is 0 Å². The highest BCUT2D eigenvalue weighted by Crippen LogP contribution is 2.11. The number of aromatic nitrogens is 5. The second-order valence-electron chi connectivity index (χ2n) is 7.13. The summed E-state index contributed by atoms with van der Waals surface area (Å²) in [4.78, 5) is 36.9. The van der Waals surface area contributed by atoms with Crippen LogP contribution in [-0.2, 0) is 22.6 Å². The normalized spacial score (nSPS) is 13.9. The average molecular weight is 414 g/mol. The van der Waals surface area contributed by atoms with Crippen LogP contribution in [0.4, 0.5) is 5.82 Å². The lowest BCUT2D eigenvalue weighted by Crippen LogP contribution is -2.40. The minimum atomic E-state index is -0.267. The Labute approximate surface area is 174 Å². The number of likely N-dealkylation sites (tertiary alicyclic amines) is 1. The lowest BCUT2D eigenvalue weighted by molar-refractivity contribution is -0.136. The molecule has 11 nitrogen and oxygen atoms in total. The Hall–Kier alpha value is -3.37. The van der Waals surface area contributed by atoms with E-state index in [0.717, 1.165) is 37.8 Å². The van der Waals surface area contributed by atoms with Gasteiger partial charge in [0.05, 0.1) is 18.4 Å². The van der Waals surface area contributed by atoms with E-state index < -0.39 is 0 Å². The standard InChI is InChI=1S/C19H26N8O3/c1-20-19(30)15-12-27(25-23-15)11-5-2-6-14-8-9-16(24-22-14)21-17(28)13-26-10-4-3-7-18(26)29/h8-9,12H,2-7,10-11,13H2,1H3,(H,20,30)(H,21,24,28). The highest BCUT2D eigenvalue weighted by molar-refractivity contribution is 5.94. The summed E-state index contributed by atoms with van der Waals surface area (Å²) >= 11 is 0. The Bertz CT molecular complexity index is 880. The third kappa shape index (κ3) is 6.06. The predicted octanol–water partition coefficient (Wildman–Crippen LogP) is 0.402. The van der Waals surface area contributed by atoms with Crippen LogP contribution in [0.1, 0.15) is 48.3 Å². The fraction of sp³-hybridized carbons (Fsp3) is 0.526. The fourth-order valence-corrected chi connectivity index (χ4v) is 3.16. The van der Waals surface area contributed by atoms with Crippen molar-refractivity contribution in [1.82, 2.24) is 35.4 Å². The van der Waals surface area contributed by atoms with Crippen LogP contribution >= 0.6 is 0 Å². The van der Waals surface area contributed by atoms with Crippen LogP contribution in [0.15, 0.2) is 18.3 Å². The molecule has 0 unspecified atom stereocenters. The van der Waals surface area contributed by atoms with E-state index in [9.17, 15) is 14.4 Å². The van der Waals surface area contributed by atoms with Gasteiger partial charge in [-0.05, 0) is 44.2 Å². The number of rotatable bonds is 9. The predicted molar refractivity (Wildman–Crippen MR) is 107 cm³/mol. The van der Waals surface area contributed by atoms with Gasteiger partial charge in [-0.3, -0.25) is 19.1 Å². The van der Waals surface area contributed by atoms with Gasteiger partial charge in [-0.25, -0.2) is 0 Å². The van der Waals surface area contributed by atoms with Gasteiger partial charge in [-0.1, -0.05) is 5.21 Å². The Kier molecular flexibility index (Phi) is 7.41. The molecule has 2 N–H and O–H groups in total. The van der Waals surface area contributed by atoms with E-state index in [-0.39, 0.29) is 24.3 Å². The second kappa shape index (κ2) is 10.4. The molecule has 2 aromatic rings. The summed E-state index contributed by atoms with van der Waals surface area (Å²) in [6.07, 6.45) is 6.40. The first-order valence-electron chi connectivity index (χ1n) is 10.1. The molecule has 1 aliphatic rings. The summed E-state index contributed by atoms with van der Waals surface area (Å²) < 4.78 is 1.64. The highest BCUT2D eigenvalue weighted by Gasteiger charge is 2.20. The van der Waals surface area contributed by atoms with Crippen LogP contribution in [0.5, 0.6) is 0 Å². The molecule has 2 aromatic heterocycles. The number of amides is 3. The van der Waals surface area contributed by atoms with E-state index in [1.807, 2.05) is 6.07 Å². The molecule has 0 saturated carbocycles. The zero-order valence-electron chi connectivity index (χ0n) is 17.0. The number of hydrogen-bond donors (Lipinski definition) is 2. The van der Waals surface area contributed by atoms with Gasteiger partial charge in [-0.15, -0.1) is 10.2 Å². The Morgan fingerprint density at radius 1 is 1.13 bits per heavy atom. The van der Waals surface area contributed by atoms with Gasteiger partial charge >= 0.3 is 0 Å². The smallest absolute Gasteiger partial charge is 0.273 e. The molecule has 30 heavy (non-hydrogen) atoms. The van der Waals surface area contributed by atoms with E-state index in [0.29, 0.717) is 31.0 Å². The van der Waals surface area contributed by atoms with Gasteiger partial charge in [0.15, 0.2) is 11.5 Å². The number of hydrogen-bond acceptors (Lipinski definition) is 7. The molecule has 0 bridgehead atoms. The van der Waals surface area contributed by atoms with E-state index in [1.54, 1.807) is 28.9 Å². The molecule has 1 aliphatic heterocycles. The first-order chi connectivity index (χ1) is 14.5. The number of unbranched alkanes of at least 4 members (excludes halogenated alkanes) is 1. The maximum Gasteiger partial charge on any atom is 0.273 e. The largest absolute Gasteiger partial charge is 0.354 e. The second-order valence-corrected chi connectivity index (χ2v) is 7.13. The average Bonchev–Trinajstić information content (AvgIpc) is 3.22. The summed E-state index contributed by atoms with van der Waals surface area (Å²) in [5.74, 6) is -0.131. The summed E-state index contributed by atoms with van der Waals surface area (Å²) in [5, 5.41) is 21.1. The Balaban J connectivity index is 1.38. The number of nitrogens with one attached hydrogen (secondary N) is 2. The van der Waals surface area contributed by atoms with Crippen molar-refractivity contribution in [3.05, 3.63) is 29.7 Å². The summed E-state index contributed by atoms with van der Waals surface area (Å²) in [5.41, 5.74) is 1.12. The molecule has 11 heteroatoms. The molecule has 1 fully saturated rings. The minimum Gasteiger partial charge on any atom is -0.354 e. The van der Waals surface area contributed by atoms with E-state index in [2.05, 4.69) is 31.1 Å². The molecule has 0 radical (unpaired) electrons. The van der Waals surface area contributed by atoms with Gasteiger partial charge < -0.3 is 15.5 Å². The monoisotopic (exact) mass is 414 g/mol. The van der Waals surface area contributed by atoms with Gasteiger partial charge in [0, 0.05) is 26.6 Å². The Morgan fingerprint density at radius 3 is 2.73 bits per heavy atom. The molecule has 0 spiro atoms. The van der Waals surface area contributed by atoms with Crippen molar-refractivity contribution in [2.45, 2.75) is 45.1 Å². The van der Waals surface area contributed by atoms with Crippen molar-refractivity contribution < 1.29 is 14.4 Å². The van der Waals surface area contributed by atoms with E-state index in [4.69, 9.17) is 0 Å². The number of aryl methyl sites for hydroxylation is 2. The van der Waals surface area contributed by atoms with Crippen molar-refractivity contribution >= 4 is 23.5 Å². The maximum absolute atomic E-state index is 12.1. The molecule has 3 amide bonds. The third-order valence-corrected chi connectivity index (χ3v) is 4.81. The number of anilines is 1. The topological polar surface area (TPSA) is 135 Å². The fourth-order valence-electron chi connectivity index (χ4n) is 3.16. The van der Waals surface area contributed by atoms with Crippen LogP contribution in [0, 0.1) is 0 Å². The van der Waals surface area contributed by atoms with E-state index >= 15 is 0 Å². The third-order valence-electron chi connectivity index (χ3n) is 4.81. The molecule has 1 saturated heterocycles. The van der Waals surface area contributed by atoms with Crippen LogP contribution in [-0.4, -0.2) is 67.9 Å². The molecule has 0 aliphatic carbocycles. The summed E-state index contributed by atoms with van der Waals surface area (Å²) in [7, 11) is 1.55. The first kappa shape index (κ1) is 21.3. The molecule has 3 heterocycles. The molecule has 0 aromatic carbocycles. The van der Waals surface area contributed by atoms with Crippen molar-refractivity contribution in [2.24, 2.45) is 0 Å². The van der Waals surface area contributed by atoms with Crippen LogP contribution in [0.2, 0.25) is 0 Å². The SMILES string of the molecule is CNC(=O)c1cn(CCCCc2ccc(NC(=O)CN3CCCCC3=O)nn2)nn1. The number of nitrogens with zero attached hydrogens (tertiary/aromatic N) is 6. The van der Waals surface area contributed by atoms with Crippen molar-refractivity contribution in [1.29, 1.82) is 0 Å². The lowest BCUT2D eigenvalue weighted by atomic mass is 10.1. The quantitative estimate of drug-likeness (QED) is 0.567. The number of piperidine rings is 1. The molecule has 0 atom stereocenters. The number of carbonyl (C=O) groups excluding carboxylic acids is 3. The van der Waals surface area contributed by atoms with Gasteiger partial charge in [0.2, 0.25) is 11.8 Å². The summed E-state index contributed by atoms with van der Waals surface area (Å²) in [6.45, 7) is 1.32. The van der Waals surface area contributed by atoms with Crippen LogP contribution in [0.3, 0.4) is 0 Å². The molecular weight excluding hydrogens is 388 g/mol. The highest BCUT2D eigenvalue weighted by atomic mass is 16.2. The van der Waals surface area contributed by atoms with E-state index in [1.165, 1.54) is 0 Å². The summed E-state index contributed by atoms with van der Waals surface area (Å²) in [6, 6.07) is 3.54. The van der Waals surface area contributed by atoms with Crippen molar-refractivity contribution in [2.75, 3.05) is 25.5 Å². The first-order valence-corrected chi connectivity index (χ1v) is 10.1. The molecular formula is C19H26N8O3.